The standard InChI is InChI=1S/C23H44N2.C18H37N.C9H10O4.CH4O4S/c1-3-5-6-7-8-9-10-11-12-13-14-15-16-17-18-19-20-23-24-21-22-25(23)4-2;1-2-3-4-5-6-7-8-9-10-11-12-13-14-15-16-17-18-19;1-9(8(12)13)4-2-3-6(5-9)7(10)11;1-5-6(2,3)4/h11-12H,3-10,13-22H2,1-2H3;9-10H,2-8,11-19H2,1H3;2-4H,5H2,1H3,(H,10,11)(H,12,13);1H3,(H,2,3,4)/b12-11-;10-9-;;. The normalized spacial score (nSPS) is 15.9. The molecule has 0 aromatic rings. The van der Waals surface area contributed by atoms with Gasteiger partial charge in [0.05, 0.1) is 24.9 Å². The molecule has 11 nitrogen and oxygen atoms in total. The van der Waals surface area contributed by atoms with Crippen molar-refractivity contribution in [2.45, 2.75) is 220 Å². The minimum atomic E-state index is -4.16. The topological polar surface area (TPSA) is 180 Å². The van der Waals surface area contributed by atoms with Crippen LogP contribution in [0.5, 0.6) is 0 Å². The van der Waals surface area contributed by atoms with Crippen molar-refractivity contribution < 1.29 is 37.0 Å². The maximum atomic E-state index is 10.8. The van der Waals surface area contributed by atoms with Crippen LogP contribution in [0, 0.1) is 5.41 Å². The summed E-state index contributed by atoms with van der Waals surface area (Å²) in [7, 11) is -3.29. The number of likely N-dealkylation sites (N-methyl/N-ethyl adjacent to an activating group) is 1. The van der Waals surface area contributed by atoms with Crippen LogP contribution in [0.4, 0.5) is 0 Å². The summed E-state index contributed by atoms with van der Waals surface area (Å²) in [5.74, 6) is -0.689. The Kier molecular flexibility index (Phi) is 43.9. The molecule has 0 fully saturated rings. The van der Waals surface area contributed by atoms with E-state index in [1.807, 2.05) is 0 Å². The number of amidine groups is 1. The van der Waals surface area contributed by atoms with Gasteiger partial charge in [0.2, 0.25) is 0 Å². The molecule has 0 saturated carbocycles. The molecule has 12 heteroatoms. The average Bonchev–Trinajstić information content (AvgIpc) is 3.73. The van der Waals surface area contributed by atoms with E-state index in [0.29, 0.717) is 0 Å². The summed E-state index contributed by atoms with van der Waals surface area (Å²) >= 11 is 0. The maximum absolute atomic E-state index is 10.8. The molecule has 1 aliphatic heterocycles. The molecule has 2 rings (SSSR count). The second-order valence-corrected chi connectivity index (χ2v) is 18.3. The molecule has 368 valence electrons. The molecule has 1 aliphatic carbocycles. The molecule has 1 heterocycles. The molecule has 1 atom stereocenters. The highest BCUT2D eigenvalue weighted by Crippen LogP contribution is 2.31. The molecule has 1 unspecified atom stereocenters. The van der Waals surface area contributed by atoms with E-state index in [1.165, 1.54) is 217 Å². The van der Waals surface area contributed by atoms with E-state index in [9.17, 15) is 18.0 Å². The molecule has 0 aromatic carbocycles. The number of aliphatic imine (C=N–C) groups is 1. The number of nitrogens with two attached hydrogens (primary N) is 1. The van der Waals surface area contributed by atoms with Crippen LogP contribution in [0.2, 0.25) is 0 Å². The molecule has 0 aromatic heterocycles. The Balaban J connectivity index is 0. The highest BCUT2D eigenvalue weighted by Gasteiger charge is 2.34. The third-order valence-electron chi connectivity index (χ3n) is 11.3. The minimum absolute atomic E-state index is 0.0359. The highest BCUT2D eigenvalue weighted by molar-refractivity contribution is 7.80. The number of rotatable bonds is 35. The number of hydrogen-bond acceptors (Lipinski definition) is 8. The summed E-state index contributed by atoms with van der Waals surface area (Å²) in [6, 6.07) is 0. The van der Waals surface area contributed by atoms with Gasteiger partial charge in [-0.2, -0.15) is 8.42 Å². The Morgan fingerprint density at radius 1 is 0.714 bits per heavy atom. The van der Waals surface area contributed by atoms with Gasteiger partial charge in [-0.25, -0.2) is 4.79 Å². The maximum Gasteiger partial charge on any atom is 0.397 e. The zero-order valence-electron chi connectivity index (χ0n) is 40.8. The van der Waals surface area contributed by atoms with Gasteiger partial charge in [0.1, 0.15) is 0 Å². The van der Waals surface area contributed by atoms with E-state index in [-0.39, 0.29) is 12.0 Å². The van der Waals surface area contributed by atoms with Gasteiger partial charge in [-0.3, -0.25) is 18.5 Å². The Morgan fingerprint density at radius 3 is 1.48 bits per heavy atom. The number of aliphatic carboxylic acids is 2. The van der Waals surface area contributed by atoms with Crippen LogP contribution in [0.1, 0.15) is 220 Å². The van der Waals surface area contributed by atoms with Crippen molar-refractivity contribution in [2.75, 3.05) is 33.3 Å². The zero-order valence-corrected chi connectivity index (χ0v) is 41.7. The van der Waals surface area contributed by atoms with E-state index < -0.39 is 27.8 Å². The van der Waals surface area contributed by atoms with Gasteiger partial charge in [0.25, 0.3) is 0 Å². The van der Waals surface area contributed by atoms with Crippen molar-refractivity contribution in [3.8, 4) is 0 Å². The lowest BCUT2D eigenvalue weighted by Gasteiger charge is -2.23. The largest absolute Gasteiger partial charge is 0.481 e. The number of carboxylic acids is 2. The Morgan fingerprint density at radius 2 is 1.11 bits per heavy atom. The molecule has 0 radical (unpaired) electrons. The first kappa shape index (κ1) is 62.3. The molecule has 5 N–H and O–H groups in total. The van der Waals surface area contributed by atoms with Crippen LogP contribution >= 0.6 is 0 Å². The smallest absolute Gasteiger partial charge is 0.397 e. The van der Waals surface area contributed by atoms with Crippen molar-refractivity contribution in [3.05, 3.63) is 48.1 Å². The fourth-order valence-corrected chi connectivity index (χ4v) is 7.21. The van der Waals surface area contributed by atoms with Gasteiger partial charge in [-0.1, -0.05) is 172 Å². The SMILES string of the molecule is CC1(C(=O)O)C=CC=C(C(=O)O)C1.CCCCCCCC/C=C\CCCCCCCCC1=NCCN1CC.CCCCCCCC/C=C\CCCCCCCCN.COS(=O)(=O)O. The van der Waals surface area contributed by atoms with Crippen molar-refractivity contribution in [1.29, 1.82) is 0 Å². The van der Waals surface area contributed by atoms with Crippen molar-refractivity contribution >= 4 is 28.2 Å². The predicted octanol–water partition coefficient (Wildman–Crippen LogP) is 13.6. The zero-order chi connectivity index (χ0) is 47.3. The molecular weight excluding hydrogens is 815 g/mol. The summed E-state index contributed by atoms with van der Waals surface area (Å²) in [5.41, 5.74) is 4.52. The van der Waals surface area contributed by atoms with Crippen LogP contribution in [-0.4, -0.2) is 79.1 Å². The second-order valence-electron chi connectivity index (χ2n) is 17.1. The summed E-state index contributed by atoms with van der Waals surface area (Å²) in [6.45, 7) is 12.5. The van der Waals surface area contributed by atoms with E-state index in [4.69, 9.17) is 20.5 Å². The Labute approximate surface area is 386 Å². The number of carbonyl (C=O) groups is 2. The molecule has 0 saturated heterocycles. The number of carboxylic acid groups (broad SMARTS) is 2. The van der Waals surface area contributed by atoms with E-state index in [2.05, 4.69) is 59.2 Å². The lowest BCUT2D eigenvalue weighted by Crippen LogP contribution is -2.28. The lowest BCUT2D eigenvalue weighted by molar-refractivity contribution is -0.145. The average molecular weight is 910 g/mol. The second kappa shape index (κ2) is 44.4. The van der Waals surface area contributed by atoms with Gasteiger partial charge in [0.15, 0.2) is 0 Å². The molecular formula is C51H95N3O8S. The fourth-order valence-electron chi connectivity index (χ4n) is 7.21. The van der Waals surface area contributed by atoms with Gasteiger partial charge in [0, 0.05) is 25.1 Å². The first-order chi connectivity index (χ1) is 30.3. The molecule has 2 aliphatic rings. The summed E-state index contributed by atoms with van der Waals surface area (Å²) in [5, 5.41) is 17.5. The highest BCUT2D eigenvalue weighted by atomic mass is 32.3. The van der Waals surface area contributed by atoms with Gasteiger partial charge >= 0.3 is 22.3 Å². The molecule has 0 amide bonds. The number of nitrogens with zero attached hydrogens (tertiary/aromatic N) is 2. The van der Waals surface area contributed by atoms with Crippen molar-refractivity contribution in [2.24, 2.45) is 16.1 Å². The van der Waals surface area contributed by atoms with Gasteiger partial charge < -0.3 is 20.8 Å². The molecule has 0 bridgehead atoms. The summed E-state index contributed by atoms with van der Waals surface area (Å²) in [6.07, 6.45) is 53.7. The number of allylic oxidation sites excluding steroid dienone is 6. The minimum Gasteiger partial charge on any atom is -0.481 e. The number of hydrogen-bond donors (Lipinski definition) is 4. The number of unbranched alkanes of at least 4 members (excludes halogenated alkanes) is 24. The fraction of sp³-hybridized carbons (Fsp3) is 0.784. The third kappa shape index (κ3) is 41.6. The lowest BCUT2D eigenvalue weighted by atomic mass is 9.80. The monoisotopic (exact) mass is 910 g/mol. The first-order valence-electron chi connectivity index (χ1n) is 25.0. The molecule has 63 heavy (non-hydrogen) atoms. The van der Waals surface area contributed by atoms with Crippen LogP contribution in [0.15, 0.2) is 53.1 Å². The van der Waals surface area contributed by atoms with E-state index >= 15 is 0 Å². The summed E-state index contributed by atoms with van der Waals surface area (Å²) in [4.78, 5) is 28.4. The van der Waals surface area contributed by atoms with Crippen molar-refractivity contribution in [1.82, 2.24) is 4.90 Å². The quantitative estimate of drug-likeness (QED) is 0.0271. The van der Waals surface area contributed by atoms with Gasteiger partial charge in [-0.15, -0.1) is 0 Å². The van der Waals surface area contributed by atoms with E-state index in [1.54, 1.807) is 0 Å². The Hall–Kier alpha value is -2.80. The van der Waals surface area contributed by atoms with Gasteiger partial charge in [-0.05, 0) is 91.0 Å². The van der Waals surface area contributed by atoms with Crippen LogP contribution in [0.25, 0.3) is 0 Å². The van der Waals surface area contributed by atoms with Crippen LogP contribution in [-0.2, 0) is 24.2 Å². The summed E-state index contributed by atoms with van der Waals surface area (Å²) < 4.78 is 29.7. The first-order valence-corrected chi connectivity index (χ1v) is 26.3. The van der Waals surface area contributed by atoms with E-state index in [0.717, 1.165) is 33.3 Å². The third-order valence-corrected chi connectivity index (χ3v) is 11.8. The predicted molar refractivity (Wildman–Crippen MR) is 266 cm³/mol. The Bertz CT molecular complexity index is 1360. The molecule has 0 spiro atoms. The van der Waals surface area contributed by atoms with Crippen LogP contribution < -0.4 is 5.73 Å². The van der Waals surface area contributed by atoms with Crippen molar-refractivity contribution in [3.63, 3.8) is 0 Å². The van der Waals surface area contributed by atoms with Crippen LogP contribution in [0.3, 0.4) is 0 Å².